The number of nitrogens with zero attached hydrogens (tertiary/aromatic N) is 2. The number of imide groups is 1. The molecule has 0 bridgehead atoms. The van der Waals surface area contributed by atoms with Crippen molar-refractivity contribution < 1.29 is 14.4 Å². The largest absolute Gasteiger partial charge is 0.321 e. The fraction of sp³-hybridized carbons (Fsp3) is 0.409. The lowest BCUT2D eigenvalue weighted by Crippen LogP contribution is -2.51. The van der Waals surface area contributed by atoms with Crippen molar-refractivity contribution in [3.8, 4) is 0 Å². The molecule has 1 aromatic heterocycles. The Bertz CT molecular complexity index is 1010. The molecule has 158 valence electrons. The van der Waals surface area contributed by atoms with E-state index >= 15 is 0 Å². The molecule has 8 nitrogen and oxygen atoms in total. The summed E-state index contributed by atoms with van der Waals surface area (Å²) in [5.41, 5.74) is 0.533. The average Bonchev–Trinajstić information content (AvgIpc) is 2.74. The van der Waals surface area contributed by atoms with Crippen LogP contribution >= 0.6 is 0 Å². The molecule has 8 heteroatoms. The van der Waals surface area contributed by atoms with Crippen LogP contribution in [0.2, 0.25) is 0 Å². The highest BCUT2D eigenvalue weighted by atomic mass is 16.2. The second-order valence-corrected chi connectivity index (χ2v) is 7.48. The van der Waals surface area contributed by atoms with Crippen molar-refractivity contribution >= 4 is 23.4 Å². The van der Waals surface area contributed by atoms with Crippen LogP contribution in [0, 0.1) is 0 Å². The van der Waals surface area contributed by atoms with Crippen molar-refractivity contribution in [2.75, 3.05) is 5.32 Å². The van der Waals surface area contributed by atoms with Gasteiger partial charge in [0.05, 0.1) is 5.41 Å². The number of piperidine rings is 1. The number of amides is 3. The number of hydrogen-bond acceptors (Lipinski definition) is 5. The summed E-state index contributed by atoms with van der Waals surface area (Å²) in [5, 5.41) is 9.34. The van der Waals surface area contributed by atoms with Crippen LogP contribution in [-0.2, 0) is 21.5 Å². The Balaban J connectivity index is 1.76. The van der Waals surface area contributed by atoms with E-state index in [-0.39, 0.29) is 23.1 Å². The van der Waals surface area contributed by atoms with E-state index in [0.717, 1.165) is 18.4 Å². The number of carbonyl (C=O) groups excluding carboxylic acids is 3. The molecular weight excluding hydrogens is 384 g/mol. The lowest BCUT2D eigenvalue weighted by atomic mass is 9.72. The monoisotopic (exact) mass is 410 g/mol. The predicted molar refractivity (Wildman–Crippen MR) is 112 cm³/mol. The van der Waals surface area contributed by atoms with Crippen molar-refractivity contribution in [3.63, 3.8) is 0 Å². The van der Waals surface area contributed by atoms with Gasteiger partial charge in [-0.25, -0.2) is 4.68 Å². The second kappa shape index (κ2) is 9.02. The molecule has 1 fully saturated rings. The van der Waals surface area contributed by atoms with Crippen molar-refractivity contribution in [1.29, 1.82) is 0 Å². The van der Waals surface area contributed by atoms with Crippen molar-refractivity contribution in [3.05, 3.63) is 58.0 Å². The van der Waals surface area contributed by atoms with E-state index in [1.165, 1.54) is 16.8 Å². The Morgan fingerprint density at radius 1 is 1.13 bits per heavy atom. The number of nitrogens with one attached hydrogen (secondary N) is 2. The van der Waals surface area contributed by atoms with E-state index in [0.29, 0.717) is 31.5 Å². The van der Waals surface area contributed by atoms with Gasteiger partial charge in [0.25, 0.3) is 11.5 Å². The zero-order valence-electron chi connectivity index (χ0n) is 17.2. The first-order chi connectivity index (χ1) is 14.4. The zero-order chi connectivity index (χ0) is 21.7. The van der Waals surface area contributed by atoms with Crippen LogP contribution < -0.4 is 16.2 Å². The summed E-state index contributed by atoms with van der Waals surface area (Å²) in [7, 11) is 0. The smallest absolute Gasteiger partial charge is 0.276 e. The van der Waals surface area contributed by atoms with Gasteiger partial charge in [0.2, 0.25) is 11.8 Å². The fourth-order valence-corrected chi connectivity index (χ4v) is 3.67. The third-order valence-corrected chi connectivity index (χ3v) is 5.59. The van der Waals surface area contributed by atoms with E-state index in [2.05, 4.69) is 15.7 Å². The molecule has 2 N–H and O–H groups in total. The Labute approximate surface area is 174 Å². The molecule has 3 amide bonds. The Hall–Kier alpha value is -3.29. The maximum atomic E-state index is 12.6. The van der Waals surface area contributed by atoms with E-state index < -0.39 is 11.3 Å². The Morgan fingerprint density at radius 2 is 1.87 bits per heavy atom. The van der Waals surface area contributed by atoms with E-state index in [4.69, 9.17) is 0 Å². The number of anilines is 1. The van der Waals surface area contributed by atoms with Gasteiger partial charge in [-0.1, -0.05) is 32.4 Å². The van der Waals surface area contributed by atoms with E-state index in [9.17, 15) is 19.2 Å². The van der Waals surface area contributed by atoms with Gasteiger partial charge < -0.3 is 5.32 Å². The molecule has 3 rings (SSSR count). The Morgan fingerprint density at radius 3 is 2.50 bits per heavy atom. The molecular formula is C22H26N4O4. The number of carbonyl (C=O) groups is 3. The van der Waals surface area contributed by atoms with E-state index in [1.807, 2.05) is 13.8 Å². The summed E-state index contributed by atoms with van der Waals surface area (Å²) in [6.07, 6.45) is 3.06. The molecule has 2 heterocycles. The standard InChI is InChI=1S/C22H26N4O4/c1-3-5-14-26-19(28)11-10-17(25-26)20(29)23-16-8-6-15(7-9-16)22(4-2)13-12-18(27)24-21(22)30/h6-11H,3-5,12-14H2,1-2H3,(H,23,29)(H,24,27,30). The number of aromatic nitrogens is 2. The van der Waals surface area contributed by atoms with Crippen LogP contribution in [0.15, 0.2) is 41.2 Å². The minimum atomic E-state index is -0.743. The summed E-state index contributed by atoms with van der Waals surface area (Å²) in [6.45, 7) is 4.40. The first-order valence-electron chi connectivity index (χ1n) is 10.2. The molecule has 0 aliphatic carbocycles. The van der Waals surface area contributed by atoms with Crippen molar-refractivity contribution in [2.24, 2.45) is 0 Å². The molecule has 30 heavy (non-hydrogen) atoms. The average molecular weight is 410 g/mol. The summed E-state index contributed by atoms with van der Waals surface area (Å²) in [6, 6.07) is 9.79. The van der Waals surface area contributed by atoms with Crippen molar-refractivity contribution in [2.45, 2.75) is 57.9 Å². The van der Waals surface area contributed by atoms with Gasteiger partial charge in [0.1, 0.15) is 5.69 Å². The predicted octanol–water partition coefficient (Wildman–Crippen LogP) is 2.38. The fourth-order valence-electron chi connectivity index (χ4n) is 3.67. The quantitative estimate of drug-likeness (QED) is 0.681. The molecule has 1 unspecified atom stereocenters. The number of hydrogen-bond donors (Lipinski definition) is 2. The SMILES string of the molecule is CCCCn1nc(C(=O)Nc2ccc(C3(CC)CCC(=O)NC3=O)cc2)ccc1=O. The van der Waals surface area contributed by atoms with Crippen LogP contribution in [0.25, 0.3) is 0 Å². The molecule has 0 radical (unpaired) electrons. The normalized spacial score (nSPS) is 18.7. The molecule has 0 saturated carbocycles. The Kier molecular flexibility index (Phi) is 6.44. The maximum absolute atomic E-state index is 12.6. The van der Waals surface area contributed by atoms with Gasteiger partial charge in [-0.15, -0.1) is 0 Å². The van der Waals surface area contributed by atoms with E-state index in [1.54, 1.807) is 24.3 Å². The molecule has 1 saturated heterocycles. The molecule has 0 spiro atoms. The minimum Gasteiger partial charge on any atom is -0.321 e. The highest BCUT2D eigenvalue weighted by molar-refractivity contribution is 6.04. The second-order valence-electron chi connectivity index (χ2n) is 7.48. The van der Waals surface area contributed by atoms with Crippen LogP contribution in [0.3, 0.4) is 0 Å². The van der Waals surface area contributed by atoms with Crippen LogP contribution in [-0.4, -0.2) is 27.5 Å². The molecule has 1 aliphatic heterocycles. The number of aryl methyl sites for hydroxylation is 1. The van der Waals surface area contributed by atoms with Crippen LogP contribution in [0.4, 0.5) is 5.69 Å². The van der Waals surface area contributed by atoms with Crippen LogP contribution in [0.5, 0.6) is 0 Å². The van der Waals surface area contributed by atoms with Gasteiger partial charge in [0.15, 0.2) is 0 Å². The highest BCUT2D eigenvalue weighted by Gasteiger charge is 2.42. The molecule has 2 aromatic rings. The third-order valence-electron chi connectivity index (χ3n) is 5.59. The first-order valence-corrected chi connectivity index (χ1v) is 10.2. The summed E-state index contributed by atoms with van der Waals surface area (Å²) < 4.78 is 1.30. The maximum Gasteiger partial charge on any atom is 0.276 e. The summed E-state index contributed by atoms with van der Waals surface area (Å²) >= 11 is 0. The summed E-state index contributed by atoms with van der Waals surface area (Å²) in [5.74, 6) is -0.948. The van der Waals surface area contributed by atoms with Gasteiger partial charge in [0, 0.05) is 24.7 Å². The van der Waals surface area contributed by atoms with Gasteiger partial charge in [-0.05, 0) is 43.0 Å². The zero-order valence-corrected chi connectivity index (χ0v) is 17.2. The van der Waals surface area contributed by atoms with Gasteiger partial charge >= 0.3 is 0 Å². The number of benzene rings is 1. The number of rotatable bonds is 7. The van der Waals surface area contributed by atoms with Gasteiger partial charge in [-0.2, -0.15) is 5.10 Å². The molecule has 1 atom stereocenters. The van der Waals surface area contributed by atoms with Crippen molar-refractivity contribution in [1.82, 2.24) is 15.1 Å². The highest BCUT2D eigenvalue weighted by Crippen LogP contribution is 2.36. The lowest BCUT2D eigenvalue weighted by Gasteiger charge is -2.35. The first kappa shape index (κ1) is 21.4. The number of unbranched alkanes of at least 4 members (excludes halogenated alkanes) is 1. The lowest BCUT2D eigenvalue weighted by molar-refractivity contribution is -0.138. The third kappa shape index (κ3) is 4.32. The summed E-state index contributed by atoms with van der Waals surface area (Å²) in [4.78, 5) is 48.4. The van der Waals surface area contributed by atoms with Gasteiger partial charge in [-0.3, -0.25) is 24.5 Å². The van der Waals surface area contributed by atoms with Crippen LogP contribution in [0.1, 0.15) is 62.0 Å². The molecule has 1 aliphatic rings. The minimum absolute atomic E-state index is 0.157. The topological polar surface area (TPSA) is 110 Å². The molecule has 1 aromatic carbocycles.